The summed E-state index contributed by atoms with van der Waals surface area (Å²) in [5, 5.41) is 9.35. The highest BCUT2D eigenvalue weighted by Crippen LogP contribution is 2.36. The first-order valence-electron chi connectivity index (χ1n) is 9.49. The van der Waals surface area contributed by atoms with E-state index in [0.29, 0.717) is 11.0 Å². The molecule has 0 bridgehead atoms. The van der Waals surface area contributed by atoms with Gasteiger partial charge in [-0.05, 0) is 72.0 Å². The van der Waals surface area contributed by atoms with Crippen molar-refractivity contribution in [2.24, 2.45) is 5.92 Å². The molecule has 0 unspecified atom stereocenters. The maximum Gasteiger partial charge on any atom is 0.494 e. The lowest BCUT2D eigenvalue weighted by Gasteiger charge is -2.32. The second-order valence-corrected chi connectivity index (χ2v) is 9.26. The van der Waals surface area contributed by atoms with Crippen LogP contribution in [0.15, 0.2) is 18.2 Å². The monoisotopic (exact) mass is 389 g/mol. The van der Waals surface area contributed by atoms with E-state index in [9.17, 15) is 14.4 Å². The number of hydrogen-bond donors (Lipinski definition) is 0. The molecule has 152 valence electrons. The average Bonchev–Trinajstić information content (AvgIpc) is 2.74. The van der Waals surface area contributed by atoms with Crippen LogP contribution in [0.2, 0.25) is 0 Å². The number of ether oxygens (including phenoxy) is 1. The molecule has 1 aromatic rings. The number of rotatable bonds is 5. The van der Waals surface area contributed by atoms with E-state index < -0.39 is 41.6 Å². The fourth-order valence-electron chi connectivity index (χ4n) is 2.87. The number of nitrogens with zero attached hydrogens (tertiary/aromatic N) is 1. The Morgan fingerprint density at radius 3 is 2.29 bits per heavy atom. The van der Waals surface area contributed by atoms with Gasteiger partial charge in [0.1, 0.15) is 11.4 Å². The van der Waals surface area contributed by atoms with Gasteiger partial charge in [0.25, 0.3) is 0 Å². The number of nitriles is 1. The van der Waals surface area contributed by atoms with Gasteiger partial charge in [0.2, 0.25) is 0 Å². The fraction of sp³-hybridized carbons (Fsp3) is 0.619. The number of carbonyl (C=O) groups is 1. The molecular formula is C21H29BFNO4. The Balaban J connectivity index is 2.08. The van der Waals surface area contributed by atoms with Gasteiger partial charge < -0.3 is 14.0 Å². The van der Waals surface area contributed by atoms with Crippen LogP contribution in [0.1, 0.15) is 60.5 Å². The molecule has 1 fully saturated rings. The summed E-state index contributed by atoms with van der Waals surface area (Å²) in [5.74, 6) is -1.57. The van der Waals surface area contributed by atoms with E-state index >= 15 is 0 Å². The number of esters is 1. The molecule has 1 aliphatic heterocycles. The van der Waals surface area contributed by atoms with Gasteiger partial charge in [-0.2, -0.15) is 5.26 Å². The van der Waals surface area contributed by atoms with Gasteiger partial charge >= 0.3 is 13.1 Å². The number of benzene rings is 1. The molecule has 1 aliphatic rings. The summed E-state index contributed by atoms with van der Waals surface area (Å²) >= 11 is 0. The largest absolute Gasteiger partial charge is 0.494 e. The van der Waals surface area contributed by atoms with E-state index in [-0.39, 0.29) is 12.8 Å². The van der Waals surface area contributed by atoms with E-state index in [1.165, 1.54) is 6.07 Å². The highest BCUT2D eigenvalue weighted by Gasteiger charge is 2.51. The summed E-state index contributed by atoms with van der Waals surface area (Å²) in [7, 11) is -0.651. The standard InChI is InChI=1S/C21H29BFNO4/c1-19(2,3)26-18(25)11-14(13-24)10-15-8-9-16(12-17(15)23)22-27-20(4,5)21(6,7)28-22/h8-9,12,14H,10-11H2,1-7H3/t14-/m1/s1. The maximum absolute atomic E-state index is 14.7. The quantitative estimate of drug-likeness (QED) is 0.569. The second kappa shape index (κ2) is 7.84. The third-order valence-corrected chi connectivity index (χ3v) is 5.08. The van der Waals surface area contributed by atoms with Crippen molar-refractivity contribution in [2.75, 3.05) is 0 Å². The normalized spacial score (nSPS) is 19.2. The predicted octanol–water partition coefficient (Wildman–Crippen LogP) is 3.54. The van der Waals surface area contributed by atoms with Crippen LogP contribution in [0.3, 0.4) is 0 Å². The van der Waals surface area contributed by atoms with Crippen LogP contribution >= 0.6 is 0 Å². The van der Waals surface area contributed by atoms with Gasteiger partial charge in [-0.25, -0.2) is 4.39 Å². The van der Waals surface area contributed by atoms with Crippen molar-refractivity contribution >= 4 is 18.6 Å². The van der Waals surface area contributed by atoms with E-state index in [4.69, 9.17) is 14.0 Å². The van der Waals surface area contributed by atoms with Crippen LogP contribution in [0.25, 0.3) is 0 Å². The summed E-state index contributed by atoms with van der Waals surface area (Å²) in [6.45, 7) is 13.0. The Kier molecular flexibility index (Phi) is 6.27. The van der Waals surface area contributed by atoms with Crippen molar-refractivity contribution in [3.05, 3.63) is 29.6 Å². The molecule has 7 heteroatoms. The van der Waals surface area contributed by atoms with Crippen LogP contribution in [0.4, 0.5) is 4.39 Å². The van der Waals surface area contributed by atoms with Gasteiger partial charge in [0, 0.05) is 0 Å². The molecule has 28 heavy (non-hydrogen) atoms. The molecule has 0 aromatic heterocycles. The lowest BCUT2D eigenvalue weighted by molar-refractivity contribution is -0.155. The first-order valence-corrected chi connectivity index (χ1v) is 9.49. The molecule has 1 atom stereocenters. The summed E-state index contributed by atoms with van der Waals surface area (Å²) in [4.78, 5) is 12.0. The van der Waals surface area contributed by atoms with Crippen LogP contribution in [-0.4, -0.2) is 29.9 Å². The minimum absolute atomic E-state index is 0.0772. The zero-order chi connectivity index (χ0) is 21.3. The van der Waals surface area contributed by atoms with Gasteiger partial charge in [-0.15, -0.1) is 0 Å². The van der Waals surface area contributed by atoms with Gasteiger partial charge in [-0.3, -0.25) is 4.79 Å². The Morgan fingerprint density at radius 1 is 1.25 bits per heavy atom. The molecule has 0 aliphatic carbocycles. The number of carbonyl (C=O) groups excluding carboxylic acids is 1. The SMILES string of the molecule is CC(C)(C)OC(=O)C[C@H](C#N)Cc1ccc(B2OC(C)(C)C(C)(C)O2)cc1F. The number of hydrogen-bond acceptors (Lipinski definition) is 5. The molecule has 5 nitrogen and oxygen atoms in total. The van der Waals surface area contributed by atoms with E-state index in [1.54, 1.807) is 32.9 Å². The van der Waals surface area contributed by atoms with Crippen molar-refractivity contribution in [3.8, 4) is 6.07 Å². The average molecular weight is 389 g/mol. The Morgan fingerprint density at radius 2 is 1.82 bits per heavy atom. The van der Waals surface area contributed by atoms with Crippen LogP contribution in [-0.2, 0) is 25.3 Å². The van der Waals surface area contributed by atoms with Gasteiger partial charge in [-0.1, -0.05) is 12.1 Å². The van der Waals surface area contributed by atoms with Gasteiger partial charge in [0.05, 0.1) is 29.6 Å². The molecule has 2 rings (SSSR count). The van der Waals surface area contributed by atoms with Crippen molar-refractivity contribution < 1.29 is 23.2 Å². The minimum atomic E-state index is -0.660. The number of halogens is 1. The van der Waals surface area contributed by atoms with Crippen molar-refractivity contribution in [1.82, 2.24) is 0 Å². The van der Waals surface area contributed by atoms with Crippen molar-refractivity contribution in [2.45, 2.75) is 78.1 Å². The smallest absolute Gasteiger partial charge is 0.460 e. The summed E-state index contributed by atoms with van der Waals surface area (Å²) in [5.41, 5.74) is -0.679. The molecule has 1 aromatic carbocycles. The lowest BCUT2D eigenvalue weighted by Crippen LogP contribution is -2.41. The molecule has 1 heterocycles. The molecule has 0 saturated carbocycles. The molecule has 0 spiro atoms. The molecule has 0 amide bonds. The Hall–Kier alpha value is -1.91. The van der Waals surface area contributed by atoms with Crippen molar-refractivity contribution in [1.29, 1.82) is 5.26 Å². The highest BCUT2D eigenvalue weighted by atomic mass is 19.1. The summed E-state index contributed by atoms with van der Waals surface area (Å²) in [6.07, 6.45) is 0.0530. The highest BCUT2D eigenvalue weighted by molar-refractivity contribution is 6.62. The molecule has 0 N–H and O–H groups in total. The minimum Gasteiger partial charge on any atom is -0.460 e. The fourth-order valence-corrected chi connectivity index (χ4v) is 2.87. The lowest BCUT2D eigenvalue weighted by atomic mass is 9.78. The Bertz CT molecular complexity index is 764. The third-order valence-electron chi connectivity index (χ3n) is 5.08. The van der Waals surface area contributed by atoms with Crippen LogP contribution < -0.4 is 5.46 Å². The molecule has 0 radical (unpaired) electrons. The van der Waals surface area contributed by atoms with Crippen LogP contribution in [0, 0.1) is 23.1 Å². The van der Waals surface area contributed by atoms with E-state index in [1.807, 2.05) is 27.7 Å². The Labute approximate surface area is 167 Å². The van der Waals surface area contributed by atoms with E-state index in [0.717, 1.165) is 0 Å². The zero-order valence-electron chi connectivity index (χ0n) is 17.8. The first-order chi connectivity index (χ1) is 12.7. The first kappa shape index (κ1) is 22.4. The zero-order valence-corrected chi connectivity index (χ0v) is 17.8. The topological polar surface area (TPSA) is 68.6 Å². The molecular weight excluding hydrogens is 360 g/mol. The predicted molar refractivity (Wildman–Crippen MR) is 105 cm³/mol. The maximum atomic E-state index is 14.7. The third kappa shape index (κ3) is 5.33. The second-order valence-electron chi connectivity index (χ2n) is 9.26. The van der Waals surface area contributed by atoms with Crippen molar-refractivity contribution in [3.63, 3.8) is 0 Å². The summed E-state index contributed by atoms with van der Waals surface area (Å²) < 4.78 is 31.8. The van der Waals surface area contributed by atoms with E-state index in [2.05, 4.69) is 6.07 Å². The van der Waals surface area contributed by atoms with Gasteiger partial charge in [0.15, 0.2) is 0 Å². The summed E-state index contributed by atoms with van der Waals surface area (Å²) in [6, 6.07) is 6.80. The van der Waals surface area contributed by atoms with Crippen LogP contribution in [0.5, 0.6) is 0 Å². The molecule has 1 saturated heterocycles.